The van der Waals surface area contributed by atoms with Crippen LogP contribution < -0.4 is 5.32 Å². The second-order valence-electron chi connectivity index (χ2n) is 3.74. The Morgan fingerprint density at radius 3 is 2.81 bits per heavy atom. The Hall–Kier alpha value is -0.870. The number of carbonyl (C=O) groups is 1. The van der Waals surface area contributed by atoms with Gasteiger partial charge >= 0.3 is 0 Å². The normalized spacial score (nSPS) is 10.3. The van der Waals surface area contributed by atoms with Crippen molar-refractivity contribution in [2.45, 2.75) is 32.1 Å². The largest absolute Gasteiger partial charge is 0.396 e. The quantitative estimate of drug-likeness (QED) is 0.684. The van der Waals surface area contributed by atoms with Crippen LogP contribution in [0.25, 0.3) is 0 Å². The van der Waals surface area contributed by atoms with Gasteiger partial charge in [-0.25, -0.2) is 0 Å². The van der Waals surface area contributed by atoms with Gasteiger partial charge in [0.25, 0.3) is 0 Å². The van der Waals surface area contributed by atoms with Gasteiger partial charge in [-0.2, -0.15) is 0 Å². The standard InChI is InChI=1S/C12H19NO2S/c14-8-4-2-1-3-7-13-12(15)10-11-6-5-9-16-11/h5-6,9,14H,1-4,7-8,10H2,(H,13,15). The average Bonchev–Trinajstić information content (AvgIpc) is 2.76. The van der Waals surface area contributed by atoms with Crippen molar-refractivity contribution in [1.29, 1.82) is 0 Å². The maximum Gasteiger partial charge on any atom is 0.225 e. The van der Waals surface area contributed by atoms with Crippen LogP contribution in [0.15, 0.2) is 17.5 Å². The first-order chi connectivity index (χ1) is 7.83. The molecule has 1 amide bonds. The highest BCUT2D eigenvalue weighted by Gasteiger charge is 2.02. The lowest BCUT2D eigenvalue weighted by molar-refractivity contribution is -0.120. The first kappa shape index (κ1) is 13.2. The summed E-state index contributed by atoms with van der Waals surface area (Å²) in [6.45, 7) is 1.01. The van der Waals surface area contributed by atoms with Crippen LogP contribution in [0, 0.1) is 0 Å². The van der Waals surface area contributed by atoms with Gasteiger partial charge in [-0.05, 0) is 24.3 Å². The molecule has 0 radical (unpaired) electrons. The number of hydrogen-bond acceptors (Lipinski definition) is 3. The molecular weight excluding hydrogens is 222 g/mol. The van der Waals surface area contributed by atoms with Crippen LogP contribution in [0.4, 0.5) is 0 Å². The molecule has 0 bridgehead atoms. The molecule has 0 saturated carbocycles. The van der Waals surface area contributed by atoms with Gasteiger partial charge in [0.1, 0.15) is 0 Å². The molecular formula is C12H19NO2S. The zero-order valence-corrected chi connectivity index (χ0v) is 10.3. The second-order valence-corrected chi connectivity index (χ2v) is 4.78. The Balaban J connectivity index is 1.98. The molecule has 0 aliphatic heterocycles. The third-order valence-electron chi connectivity index (χ3n) is 2.32. The van der Waals surface area contributed by atoms with Gasteiger partial charge in [-0.3, -0.25) is 4.79 Å². The minimum Gasteiger partial charge on any atom is -0.396 e. The number of aliphatic hydroxyl groups excluding tert-OH is 1. The van der Waals surface area contributed by atoms with Gasteiger partial charge in [-0.1, -0.05) is 18.9 Å². The Bertz CT molecular complexity index is 285. The van der Waals surface area contributed by atoms with E-state index in [1.165, 1.54) is 0 Å². The monoisotopic (exact) mass is 241 g/mol. The lowest BCUT2D eigenvalue weighted by atomic mass is 10.2. The van der Waals surface area contributed by atoms with Gasteiger partial charge < -0.3 is 10.4 Å². The highest BCUT2D eigenvalue weighted by molar-refractivity contribution is 7.10. The lowest BCUT2D eigenvalue weighted by Gasteiger charge is -2.03. The molecule has 90 valence electrons. The third-order valence-corrected chi connectivity index (χ3v) is 3.20. The van der Waals surface area contributed by atoms with E-state index in [4.69, 9.17) is 5.11 Å². The van der Waals surface area contributed by atoms with Crippen molar-refractivity contribution in [3.63, 3.8) is 0 Å². The van der Waals surface area contributed by atoms with Crippen molar-refractivity contribution in [3.8, 4) is 0 Å². The highest BCUT2D eigenvalue weighted by Crippen LogP contribution is 2.08. The van der Waals surface area contributed by atoms with E-state index in [2.05, 4.69) is 5.32 Å². The van der Waals surface area contributed by atoms with Crippen molar-refractivity contribution in [2.24, 2.45) is 0 Å². The van der Waals surface area contributed by atoms with Crippen LogP contribution in [0.5, 0.6) is 0 Å². The van der Waals surface area contributed by atoms with E-state index in [0.29, 0.717) is 6.42 Å². The first-order valence-corrected chi connectivity index (χ1v) is 6.61. The highest BCUT2D eigenvalue weighted by atomic mass is 32.1. The molecule has 1 aromatic rings. The molecule has 16 heavy (non-hydrogen) atoms. The van der Waals surface area contributed by atoms with Gasteiger partial charge in [0.15, 0.2) is 0 Å². The number of hydrogen-bond donors (Lipinski definition) is 2. The van der Waals surface area contributed by atoms with Gasteiger partial charge in [-0.15, -0.1) is 11.3 Å². The summed E-state index contributed by atoms with van der Waals surface area (Å²) in [6.07, 6.45) is 4.46. The predicted molar refractivity (Wildman–Crippen MR) is 66.6 cm³/mol. The van der Waals surface area contributed by atoms with E-state index in [1.807, 2.05) is 17.5 Å². The van der Waals surface area contributed by atoms with Crippen molar-refractivity contribution in [1.82, 2.24) is 5.32 Å². The van der Waals surface area contributed by atoms with Gasteiger partial charge in [0.2, 0.25) is 5.91 Å². The second kappa shape index (κ2) is 8.30. The molecule has 0 spiro atoms. The molecule has 1 aromatic heterocycles. The summed E-state index contributed by atoms with van der Waals surface area (Å²) in [5.74, 6) is 0.101. The molecule has 1 heterocycles. The number of thiophene rings is 1. The molecule has 4 heteroatoms. The van der Waals surface area contributed by atoms with E-state index in [1.54, 1.807) is 11.3 Å². The van der Waals surface area contributed by atoms with E-state index in [0.717, 1.165) is 37.1 Å². The van der Waals surface area contributed by atoms with Gasteiger partial charge in [0.05, 0.1) is 6.42 Å². The smallest absolute Gasteiger partial charge is 0.225 e. The van der Waals surface area contributed by atoms with Crippen LogP contribution in [-0.2, 0) is 11.2 Å². The fourth-order valence-electron chi connectivity index (χ4n) is 1.45. The number of unbranched alkanes of at least 4 members (excludes halogenated alkanes) is 3. The molecule has 2 N–H and O–H groups in total. The zero-order chi connectivity index (χ0) is 11.6. The number of rotatable bonds is 8. The van der Waals surface area contributed by atoms with Crippen molar-refractivity contribution >= 4 is 17.2 Å². The van der Waals surface area contributed by atoms with Crippen molar-refractivity contribution < 1.29 is 9.90 Å². The summed E-state index contributed by atoms with van der Waals surface area (Å²) in [5.41, 5.74) is 0. The van der Waals surface area contributed by atoms with Crippen LogP contribution >= 0.6 is 11.3 Å². The van der Waals surface area contributed by atoms with Crippen molar-refractivity contribution in [2.75, 3.05) is 13.2 Å². The number of carbonyl (C=O) groups excluding carboxylic acids is 1. The molecule has 0 unspecified atom stereocenters. The molecule has 0 aliphatic carbocycles. The minimum atomic E-state index is 0.101. The van der Waals surface area contributed by atoms with E-state index < -0.39 is 0 Å². The Labute approximate surface area is 100 Å². The van der Waals surface area contributed by atoms with E-state index >= 15 is 0 Å². The number of aliphatic hydroxyl groups is 1. The first-order valence-electron chi connectivity index (χ1n) is 5.73. The molecule has 0 atom stereocenters. The predicted octanol–water partition coefficient (Wildman–Crippen LogP) is 1.96. The molecule has 0 aliphatic rings. The minimum absolute atomic E-state index is 0.101. The SMILES string of the molecule is O=C(Cc1cccs1)NCCCCCCO. The number of nitrogens with one attached hydrogen (secondary N) is 1. The number of amides is 1. The van der Waals surface area contributed by atoms with Crippen LogP contribution in [0.1, 0.15) is 30.6 Å². The lowest BCUT2D eigenvalue weighted by Crippen LogP contribution is -2.25. The Kier molecular flexibility index (Phi) is 6.85. The van der Waals surface area contributed by atoms with Crippen LogP contribution in [-0.4, -0.2) is 24.2 Å². The zero-order valence-electron chi connectivity index (χ0n) is 9.45. The fourth-order valence-corrected chi connectivity index (χ4v) is 2.16. The molecule has 3 nitrogen and oxygen atoms in total. The van der Waals surface area contributed by atoms with E-state index in [9.17, 15) is 4.79 Å². The Morgan fingerprint density at radius 1 is 1.31 bits per heavy atom. The maximum absolute atomic E-state index is 11.5. The molecule has 0 saturated heterocycles. The summed E-state index contributed by atoms with van der Waals surface area (Å²) in [6, 6.07) is 3.94. The van der Waals surface area contributed by atoms with E-state index in [-0.39, 0.29) is 12.5 Å². The van der Waals surface area contributed by atoms with Gasteiger partial charge in [0, 0.05) is 18.0 Å². The third kappa shape index (κ3) is 5.88. The van der Waals surface area contributed by atoms with Crippen LogP contribution in [0.3, 0.4) is 0 Å². The maximum atomic E-state index is 11.5. The summed E-state index contributed by atoms with van der Waals surface area (Å²) in [4.78, 5) is 12.6. The summed E-state index contributed by atoms with van der Waals surface area (Å²) < 4.78 is 0. The summed E-state index contributed by atoms with van der Waals surface area (Å²) in [7, 11) is 0. The van der Waals surface area contributed by atoms with Crippen molar-refractivity contribution in [3.05, 3.63) is 22.4 Å². The molecule has 1 rings (SSSR count). The molecule has 0 aromatic carbocycles. The topological polar surface area (TPSA) is 49.3 Å². The average molecular weight is 241 g/mol. The Morgan fingerprint density at radius 2 is 2.12 bits per heavy atom. The molecule has 0 fully saturated rings. The van der Waals surface area contributed by atoms with Crippen LogP contribution in [0.2, 0.25) is 0 Å². The summed E-state index contributed by atoms with van der Waals surface area (Å²) >= 11 is 1.61. The fraction of sp³-hybridized carbons (Fsp3) is 0.583. The summed E-state index contributed by atoms with van der Waals surface area (Å²) in [5, 5.41) is 13.5.